The first-order chi connectivity index (χ1) is 10.9. The third-order valence-corrected chi connectivity index (χ3v) is 5.50. The van der Waals surface area contributed by atoms with Crippen molar-refractivity contribution in [2.45, 2.75) is 43.8 Å². The fraction of sp³-hybridized carbons (Fsp3) is 0.632. The molecule has 4 heteroatoms. The van der Waals surface area contributed by atoms with Gasteiger partial charge in [0.2, 0.25) is 0 Å². The van der Waals surface area contributed by atoms with Crippen molar-refractivity contribution in [3.05, 3.63) is 35.9 Å². The summed E-state index contributed by atoms with van der Waals surface area (Å²) in [6.07, 6.45) is 4.68. The maximum Gasteiger partial charge on any atom is 0.343 e. The molecule has 1 aliphatic carbocycles. The van der Waals surface area contributed by atoms with Crippen LogP contribution in [-0.4, -0.2) is 48.8 Å². The highest BCUT2D eigenvalue weighted by atomic mass is 16.6. The van der Waals surface area contributed by atoms with Gasteiger partial charge >= 0.3 is 5.97 Å². The lowest BCUT2D eigenvalue weighted by atomic mass is 9.80. The Morgan fingerprint density at radius 2 is 1.83 bits per heavy atom. The van der Waals surface area contributed by atoms with Gasteiger partial charge in [0.15, 0.2) is 11.7 Å². The van der Waals surface area contributed by atoms with Crippen LogP contribution in [0, 0.1) is 5.92 Å². The average molecular weight is 318 g/mol. The van der Waals surface area contributed by atoms with Crippen LogP contribution in [0.4, 0.5) is 0 Å². The summed E-state index contributed by atoms with van der Waals surface area (Å²) in [4.78, 5) is 12.9. The number of ether oxygens (including phenoxy) is 1. The lowest BCUT2D eigenvalue weighted by Gasteiger charge is -2.33. The van der Waals surface area contributed by atoms with Gasteiger partial charge in [-0.3, -0.25) is 0 Å². The summed E-state index contributed by atoms with van der Waals surface area (Å²) in [5, 5.41) is 11.4. The van der Waals surface area contributed by atoms with Crippen molar-refractivity contribution in [2.24, 2.45) is 5.92 Å². The molecule has 0 spiro atoms. The van der Waals surface area contributed by atoms with Gasteiger partial charge in [-0.15, -0.1) is 0 Å². The second-order valence-electron chi connectivity index (χ2n) is 7.77. The lowest BCUT2D eigenvalue weighted by Crippen LogP contribution is -2.46. The van der Waals surface area contributed by atoms with E-state index >= 15 is 0 Å². The van der Waals surface area contributed by atoms with Gasteiger partial charge in [-0.1, -0.05) is 43.2 Å². The van der Waals surface area contributed by atoms with E-state index in [-0.39, 0.29) is 12.0 Å². The minimum atomic E-state index is -1.50. The largest absolute Gasteiger partial charge is 0.454 e. The van der Waals surface area contributed by atoms with Gasteiger partial charge in [-0.05, 0) is 18.4 Å². The molecule has 1 saturated carbocycles. The van der Waals surface area contributed by atoms with Gasteiger partial charge in [0.1, 0.15) is 6.54 Å². The molecule has 1 saturated heterocycles. The quantitative estimate of drug-likeness (QED) is 0.685. The summed E-state index contributed by atoms with van der Waals surface area (Å²) in [7, 11) is 4.29. The van der Waals surface area contributed by atoms with Crippen LogP contribution >= 0.6 is 0 Å². The molecule has 1 unspecified atom stereocenters. The SMILES string of the molecule is C[N+]1(C)CCC(OC(=O)[C@](O)(c2ccccc2)C2CCCC2)C1. The summed E-state index contributed by atoms with van der Waals surface area (Å²) in [5.74, 6) is -0.496. The number of quaternary nitrogens is 1. The van der Waals surface area contributed by atoms with Crippen molar-refractivity contribution in [1.29, 1.82) is 0 Å². The van der Waals surface area contributed by atoms with Gasteiger partial charge in [0.05, 0.1) is 20.6 Å². The van der Waals surface area contributed by atoms with E-state index in [1.165, 1.54) is 0 Å². The predicted octanol–water partition coefficient (Wildman–Crippen LogP) is 2.46. The van der Waals surface area contributed by atoms with Crippen LogP contribution in [0.3, 0.4) is 0 Å². The van der Waals surface area contributed by atoms with Crippen LogP contribution < -0.4 is 0 Å². The number of esters is 1. The van der Waals surface area contributed by atoms with E-state index in [0.717, 1.165) is 49.7 Å². The average Bonchev–Trinajstić information content (AvgIpc) is 3.17. The number of carbonyl (C=O) groups excluding carboxylic acids is 1. The van der Waals surface area contributed by atoms with E-state index in [1.807, 2.05) is 30.3 Å². The maximum absolute atomic E-state index is 12.9. The van der Waals surface area contributed by atoms with Gasteiger partial charge in [-0.2, -0.15) is 0 Å². The molecule has 1 heterocycles. The molecule has 1 N–H and O–H groups in total. The van der Waals surface area contributed by atoms with Crippen molar-refractivity contribution in [2.75, 3.05) is 27.2 Å². The van der Waals surface area contributed by atoms with E-state index in [0.29, 0.717) is 5.56 Å². The minimum absolute atomic E-state index is 0.0405. The minimum Gasteiger partial charge on any atom is -0.454 e. The number of nitrogens with zero attached hydrogens (tertiary/aromatic N) is 1. The van der Waals surface area contributed by atoms with Crippen molar-refractivity contribution in [1.82, 2.24) is 0 Å². The standard InChI is InChI=1S/C19H28NO3/c1-20(2)13-12-17(14-20)23-18(21)19(22,16-10-6-7-11-16)15-8-4-3-5-9-15/h3-5,8-9,16-17,22H,6-7,10-14H2,1-2H3/q+1/t17?,19-/m0/s1. The van der Waals surface area contributed by atoms with Gasteiger partial charge in [0.25, 0.3) is 0 Å². The van der Waals surface area contributed by atoms with Crippen molar-refractivity contribution in [3.63, 3.8) is 0 Å². The van der Waals surface area contributed by atoms with E-state index in [1.54, 1.807) is 0 Å². The Bertz CT molecular complexity index is 551. The molecule has 3 rings (SSSR count). The first-order valence-electron chi connectivity index (χ1n) is 8.73. The smallest absolute Gasteiger partial charge is 0.343 e. The molecule has 1 aromatic rings. The zero-order chi connectivity index (χ0) is 16.5. The van der Waals surface area contributed by atoms with Crippen LogP contribution in [0.1, 0.15) is 37.7 Å². The molecule has 1 aromatic carbocycles. The number of likely N-dealkylation sites (N-methyl/N-ethyl adjacent to an activating group) is 1. The van der Waals surface area contributed by atoms with Gasteiger partial charge in [0, 0.05) is 12.3 Å². The highest BCUT2D eigenvalue weighted by Gasteiger charge is 2.49. The number of hydrogen-bond acceptors (Lipinski definition) is 3. The Morgan fingerprint density at radius 3 is 2.39 bits per heavy atom. The fourth-order valence-corrected chi connectivity index (χ4v) is 4.12. The number of rotatable bonds is 4. The summed E-state index contributed by atoms with van der Waals surface area (Å²) < 4.78 is 6.64. The molecule has 0 amide bonds. The molecule has 2 atom stereocenters. The maximum atomic E-state index is 12.9. The Hall–Kier alpha value is -1.39. The molecular weight excluding hydrogens is 290 g/mol. The Balaban J connectivity index is 1.82. The van der Waals surface area contributed by atoms with Crippen LogP contribution in [0.15, 0.2) is 30.3 Å². The molecule has 2 fully saturated rings. The Morgan fingerprint density at radius 1 is 1.17 bits per heavy atom. The molecule has 23 heavy (non-hydrogen) atoms. The van der Waals surface area contributed by atoms with Crippen LogP contribution in [0.25, 0.3) is 0 Å². The van der Waals surface area contributed by atoms with Crippen LogP contribution in [-0.2, 0) is 15.1 Å². The summed E-state index contributed by atoms with van der Waals surface area (Å²) in [6, 6.07) is 9.33. The molecule has 2 aliphatic rings. The first-order valence-corrected chi connectivity index (χ1v) is 8.73. The number of aliphatic hydroxyl groups is 1. The molecule has 0 bridgehead atoms. The van der Waals surface area contributed by atoms with Crippen molar-refractivity contribution >= 4 is 5.97 Å². The normalized spacial score (nSPS) is 26.8. The third-order valence-electron chi connectivity index (χ3n) is 5.50. The zero-order valence-electron chi connectivity index (χ0n) is 14.2. The fourth-order valence-electron chi connectivity index (χ4n) is 4.12. The van der Waals surface area contributed by atoms with E-state index < -0.39 is 11.6 Å². The molecule has 1 aliphatic heterocycles. The van der Waals surface area contributed by atoms with E-state index in [2.05, 4.69) is 14.1 Å². The van der Waals surface area contributed by atoms with Crippen LogP contribution in [0.2, 0.25) is 0 Å². The van der Waals surface area contributed by atoms with Crippen molar-refractivity contribution in [3.8, 4) is 0 Å². The Labute approximate surface area is 138 Å². The monoisotopic (exact) mass is 318 g/mol. The molecule has 4 nitrogen and oxygen atoms in total. The molecular formula is C19H28NO3+. The van der Waals surface area contributed by atoms with Gasteiger partial charge < -0.3 is 14.3 Å². The lowest BCUT2D eigenvalue weighted by molar-refractivity contribution is -0.879. The number of benzene rings is 1. The second kappa shape index (κ2) is 6.25. The second-order valence-corrected chi connectivity index (χ2v) is 7.77. The number of hydrogen-bond donors (Lipinski definition) is 1. The highest BCUT2D eigenvalue weighted by molar-refractivity contribution is 5.81. The zero-order valence-corrected chi connectivity index (χ0v) is 14.2. The molecule has 0 radical (unpaired) electrons. The molecule has 0 aromatic heterocycles. The Kier molecular flexibility index (Phi) is 4.47. The van der Waals surface area contributed by atoms with E-state index in [9.17, 15) is 9.90 Å². The first kappa shape index (κ1) is 16.5. The highest BCUT2D eigenvalue weighted by Crippen LogP contribution is 2.42. The predicted molar refractivity (Wildman–Crippen MR) is 88.6 cm³/mol. The molecule has 126 valence electrons. The third kappa shape index (κ3) is 3.29. The summed E-state index contributed by atoms with van der Waals surface area (Å²) in [5.41, 5.74) is -0.832. The van der Waals surface area contributed by atoms with Crippen LogP contribution in [0.5, 0.6) is 0 Å². The summed E-state index contributed by atoms with van der Waals surface area (Å²) >= 11 is 0. The van der Waals surface area contributed by atoms with Gasteiger partial charge in [-0.25, -0.2) is 4.79 Å². The number of carbonyl (C=O) groups is 1. The summed E-state index contributed by atoms with van der Waals surface area (Å²) in [6.45, 7) is 1.83. The van der Waals surface area contributed by atoms with E-state index in [4.69, 9.17) is 4.74 Å². The topological polar surface area (TPSA) is 46.5 Å². The van der Waals surface area contributed by atoms with Crippen molar-refractivity contribution < 1.29 is 19.1 Å². The number of likely N-dealkylation sites (tertiary alicyclic amines) is 1.